The van der Waals surface area contributed by atoms with Gasteiger partial charge in [-0.1, -0.05) is 30.3 Å². The van der Waals surface area contributed by atoms with E-state index < -0.39 is 0 Å². The summed E-state index contributed by atoms with van der Waals surface area (Å²) in [5, 5.41) is 1.45. The molecule has 0 atom stereocenters. The molecule has 0 bridgehead atoms. The number of hydrogen-bond donors (Lipinski definition) is 0. The van der Waals surface area contributed by atoms with Gasteiger partial charge < -0.3 is 9.30 Å². The zero-order chi connectivity index (χ0) is 15.0. The second-order valence-corrected chi connectivity index (χ2v) is 5.19. The second kappa shape index (κ2) is 5.26. The Morgan fingerprint density at radius 2 is 1.95 bits per heavy atom. The summed E-state index contributed by atoms with van der Waals surface area (Å²) in [4.78, 5) is 4.12. The molecule has 106 valence electrons. The summed E-state index contributed by atoms with van der Waals surface area (Å²) in [6.07, 6.45) is 1.71. The summed E-state index contributed by atoms with van der Waals surface area (Å²) in [7, 11) is 3.66. The van der Waals surface area contributed by atoms with Crippen molar-refractivity contribution < 1.29 is 4.74 Å². The van der Waals surface area contributed by atoms with Gasteiger partial charge in [0, 0.05) is 24.3 Å². The molecule has 0 aliphatic rings. The van der Waals surface area contributed by atoms with Gasteiger partial charge in [-0.15, -0.1) is 0 Å². The number of nitrogens with zero attached hydrogens (tertiary/aromatic N) is 2. The zero-order valence-corrected chi connectivity index (χ0v) is 12.7. The van der Waals surface area contributed by atoms with E-state index in [1.54, 1.807) is 13.3 Å². The lowest BCUT2D eigenvalue weighted by Gasteiger charge is -2.09. The Hall–Kier alpha value is -2.26. The molecule has 1 aromatic carbocycles. The molecule has 3 aromatic rings. The summed E-state index contributed by atoms with van der Waals surface area (Å²) in [5.74, 6) is 0.829. The molecule has 0 fully saturated rings. The maximum Gasteiger partial charge on any atom is 0.138 e. The average Bonchev–Trinajstić information content (AvgIpc) is 2.85. The van der Waals surface area contributed by atoms with E-state index in [2.05, 4.69) is 16.1 Å². The lowest BCUT2D eigenvalue weighted by Crippen LogP contribution is -1.96. The molecule has 21 heavy (non-hydrogen) atoms. The van der Waals surface area contributed by atoms with Crippen molar-refractivity contribution in [1.82, 2.24) is 9.55 Å². The highest BCUT2D eigenvalue weighted by molar-refractivity contribution is 6.34. The van der Waals surface area contributed by atoms with Crippen LogP contribution in [-0.4, -0.2) is 16.7 Å². The number of halogens is 1. The summed E-state index contributed by atoms with van der Waals surface area (Å²) in [6, 6.07) is 11.8. The molecule has 3 nitrogen and oxygen atoms in total. The first-order valence-electron chi connectivity index (χ1n) is 6.55. The Balaban J connectivity index is 2.08. The fourth-order valence-corrected chi connectivity index (χ4v) is 2.66. The van der Waals surface area contributed by atoms with E-state index in [4.69, 9.17) is 16.3 Å². The van der Waals surface area contributed by atoms with E-state index in [0.717, 1.165) is 33.5 Å². The molecule has 0 saturated carbocycles. The SMILES string of the molecule is C=C(c1ccc(OC)cc1)c1cc2c(Cl)nccc2n1C. The molecule has 0 spiro atoms. The molecule has 0 aliphatic carbocycles. The van der Waals surface area contributed by atoms with Crippen LogP contribution in [0.25, 0.3) is 16.5 Å². The topological polar surface area (TPSA) is 27.1 Å². The minimum absolute atomic E-state index is 0.511. The van der Waals surface area contributed by atoms with Crippen molar-refractivity contribution in [3.8, 4) is 5.75 Å². The molecule has 0 amide bonds. The molecule has 2 aromatic heterocycles. The maximum absolute atomic E-state index is 6.16. The van der Waals surface area contributed by atoms with E-state index in [1.807, 2.05) is 43.4 Å². The number of fused-ring (bicyclic) bond motifs is 1. The van der Waals surface area contributed by atoms with Crippen LogP contribution in [0.1, 0.15) is 11.3 Å². The Labute approximate surface area is 128 Å². The highest BCUT2D eigenvalue weighted by Crippen LogP contribution is 2.30. The molecular weight excluding hydrogens is 284 g/mol. The van der Waals surface area contributed by atoms with Crippen molar-refractivity contribution in [1.29, 1.82) is 0 Å². The van der Waals surface area contributed by atoms with Crippen LogP contribution < -0.4 is 4.74 Å². The van der Waals surface area contributed by atoms with Gasteiger partial charge in [-0.05, 0) is 35.4 Å². The number of methoxy groups -OCH3 is 1. The Kier molecular flexibility index (Phi) is 3.43. The van der Waals surface area contributed by atoms with Crippen molar-refractivity contribution in [3.05, 3.63) is 65.6 Å². The van der Waals surface area contributed by atoms with Gasteiger partial charge in [0.05, 0.1) is 12.6 Å². The van der Waals surface area contributed by atoms with Gasteiger partial charge in [0.1, 0.15) is 10.9 Å². The van der Waals surface area contributed by atoms with Gasteiger partial charge in [0.2, 0.25) is 0 Å². The van der Waals surface area contributed by atoms with Crippen LogP contribution in [0.2, 0.25) is 5.15 Å². The monoisotopic (exact) mass is 298 g/mol. The van der Waals surface area contributed by atoms with Crippen LogP contribution in [0, 0.1) is 0 Å². The fraction of sp³-hybridized carbons (Fsp3) is 0.118. The fourth-order valence-electron chi connectivity index (χ4n) is 2.46. The first-order valence-corrected chi connectivity index (χ1v) is 6.93. The average molecular weight is 299 g/mol. The molecule has 4 heteroatoms. The van der Waals surface area contributed by atoms with Gasteiger partial charge >= 0.3 is 0 Å². The first kappa shape index (κ1) is 13.7. The third-order valence-electron chi connectivity index (χ3n) is 3.67. The highest BCUT2D eigenvalue weighted by atomic mass is 35.5. The van der Waals surface area contributed by atoms with E-state index in [1.165, 1.54) is 0 Å². The number of pyridine rings is 1. The third kappa shape index (κ3) is 2.30. The number of benzene rings is 1. The molecule has 0 N–H and O–H groups in total. The molecule has 3 rings (SSSR count). The van der Waals surface area contributed by atoms with Crippen LogP contribution in [0.15, 0.2) is 49.2 Å². The number of ether oxygens (including phenoxy) is 1. The van der Waals surface area contributed by atoms with Crippen molar-refractivity contribution in [3.63, 3.8) is 0 Å². The quantitative estimate of drug-likeness (QED) is 0.674. The van der Waals surface area contributed by atoms with Gasteiger partial charge in [-0.3, -0.25) is 0 Å². The van der Waals surface area contributed by atoms with Gasteiger partial charge in [0.15, 0.2) is 0 Å². The second-order valence-electron chi connectivity index (χ2n) is 4.83. The van der Waals surface area contributed by atoms with Crippen LogP contribution in [0.3, 0.4) is 0 Å². The van der Waals surface area contributed by atoms with Gasteiger partial charge in [-0.2, -0.15) is 0 Å². The lowest BCUT2D eigenvalue weighted by molar-refractivity contribution is 0.415. The molecular formula is C17H15ClN2O. The lowest BCUT2D eigenvalue weighted by atomic mass is 10.0. The molecule has 0 aliphatic heterocycles. The van der Waals surface area contributed by atoms with Gasteiger partial charge in [0.25, 0.3) is 0 Å². The number of aryl methyl sites for hydroxylation is 1. The minimum atomic E-state index is 0.511. The zero-order valence-electron chi connectivity index (χ0n) is 11.9. The summed E-state index contributed by atoms with van der Waals surface area (Å²) in [6.45, 7) is 4.21. The summed E-state index contributed by atoms with van der Waals surface area (Å²) in [5.41, 5.74) is 4.04. The maximum atomic E-state index is 6.16. The smallest absolute Gasteiger partial charge is 0.138 e. The standard InChI is InChI=1S/C17H15ClN2O/c1-11(12-4-6-13(21-3)7-5-12)16-10-14-15(20(16)2)8-9-19-17(14)18/h4-10H,1H2,2-3H3. The minimum Gasteiger partial charge on any atom is -0.497 e. The van der Waals surface area contributed by atoms with Crippen molar-refractivity contribution in [2.45, 2.75) is 0 Å². The predicted octanol–water partition coefficient (Wildman–Crippen LogP) is 4.30. The molecule has 0 unspecified atom stereocenters. The number of rotatable bonds is 3. The first-order chi connectivity index (χ1) is 10.1. The molecule has 0 saturated heterocycles. The molecule has 2 heterocycles. The number of aromatic nitrogens is 2. The molecule has 0 radical (unpaired) electrons. The van der Waals surface area contributed by atoms with Crippen LogP contribution in [-0.2, 0) is 7.05 Å². The highest BCUT2D eigenvalue weighted by Gasteiger charge is 2.12. The Morgan fingerprint density at radius 3 is 2.57 bits per heavy atom. The third-order valence-corrected chi connectivity index (χ3v) is 3.97. The predicted molar refractivity (Wildman–Crippen MR) is 86.9 cm³/mol. The van der Waals surface area contributed by atoms with Gasteiger partial charge in [-0.25, -0.2) is 4.98 Å². The van der Waals surface area contributed by atoms with E-state index >= 15 is 0 Å². The van der Waals surface area contributed by atoms with E-state index in [-0.39, 0.29) is 0 Å². The normalized spacial score (nSPS) is 10.8. The number of hydrogen-bond acceptors (Lipinski definition) is 2. The van der Waals surface area contributed by atoms with E-state index in [0.29, 0.717) is 5.15 Å². The Bertz CT molecular complexity index is 819. The van der Waals surface area contributed by atoms with E-state index in [9.17, 15) is 0 Å². The summed E-state index contributed by atoms with van der Waals surface area (Å²) < 4.78 is 7.26. The Morgan fingerprint density at radius 1 is 1.24 bits per heavy atom. The summed E-state index contributed by atoms with van der Waals surface area (Å²) >= 11 is 6.16. The van der Waals surface area contributed by atoms with Crippen LogP contribution in [0.4, 0.5) is 0 Å². The van der Waals surface area contributed by atoms with Crippen molar-refractivity contribution >= 4 is 28.1 Å². The van der Waals surface area contributed by atoms with Crippen molar-refractivity contribution in [2.24, 2.45) is 7.05 Å². The van der Waals surface area contributed by atoms with Crippen molar-refractivity contribution in [2.75, 3.05) is 7.11 Å². The largest absolute Gasteiger partial charge is 0.497 e. The van der Waals surface area contributed by atoms with Crippen LogP contribution >= 0.6 is 11.6 Å². The van der Waals surface area contributed by atoms with Crippen LogP contribution in [0.5, 0.6) is 5.75 Å².